The zero-order valence-corrected chi connectivity index (χ0v) is 13.2. The minimum Gasteiger partial charge on any atom is -0.334 e. The van der Waals surface area contributed by atoms with E-state index in [1.807, 2.05) is 48.5 Å². The van der Waals surface area contributed by atoms with Crippen LogP contribution in [0.25, 0.3) is 0 Å². The summed E-state index contributed by atoms with van der Waals surface area (Å²) in [4.78, 5) is 11.7. The number of urea groups is 1. The van der Waals surface area contributed by atoms with E-state index in [-0.39, 0.29) is 6.03 Å². The highest BCUT2D eigenvalue weighted by molar-refractivity contribution is 9.10. The van der Waals surface area contributed by atoms with E-state index in [2.05, 4.69) is 42.5 Å². The number of amides is 2. The Morgan fingerprint density at radius 2 is 1.42 bits per heavy atom. The molecule has 19 heavy (non-hydrogen) atoms. The number of anilines is 1. The van der Waals surface area contributed by atoms with Gasteiger partial charge >= 0.3 is 6.03 Å². The summed E-state index contributed by atoms with van der Waals surface area (Å²) in [6.07, 6.45) is 0. The summed E-state index contributed by atoms with van der Waals surface area (Å²) >= 11 is 6.72. The molecule has 0 unspecified atom stereocenters. The molecular formula is C14H12Br2N2O. The quantitative estimate of drug-likeness (QED) is 0.802. The number of hydrogen-bond acceptors (Lipinski definition) is 1. The van der Waals surface area contributed by atoms with Crippen LogP contribution >= 0.6 is 31.9 Å². The lowest BCUT2D eigenvalue weighted by atomic mass is 10.2. The number of hydrogen-bond donors (Lipinski definition) is 2. The Bertz CT molecular complexity index is 553. The Labute approximate surface area is 128 Å². The molecule has 5 heteroatoms. The maximum absolute atomic E-state index is 11.7. The van der Waals surface area contributed by atoms with Crippen molar-refractivity contribution in [1.29, 1.82) is 0 Å². The van der Waals surface area contributed by atoms with E-state index in [9.17, 15) is 4.79 Å². The van der Waals surface area contributed by atoms with Crippen molar-refractivity contribution in [3.05, 3.63) is 63.0 Å². The van der Waals surface area contributed by atoms with Crippen LogP contribution in [0.3, 0.4) is 0 Å². The predicted molar refractivity (Wildman–Crippen MR) is 84.1 cm³/mol. The van der Waals surface area contributed by atoms with E-state index in [4.69, 9.17) is 0 Å². The highest BCUT2D eigenvalue weighted by atomic mass is 79.9. The lowest BCUT2D eigenvalue weighted by Gasteiger charge is -2.08. The first-order chi connectivity index (χ1) is 9.13. The van der Waals surface area contributed by atoms with E-state index in [0.717, 1.165) is 20.2 Å². The summed E-state index contributed by atoms with van der Waals surface area (Å²) in [7, 11) is 0. The fourth-order valence-electron chi connectivity index (χ4n) is 1.49. The molecule has 3 nitrogen and oxygen atoms in total. The number of carbonyl (C=O) groups is 1. The van der Waals surface area contributed by atoms with E-state index >= 15 is 0 Å². The van der Waals surface area contributed by atoms with E-state index in [0.29, 0.717) is 6.54 Å². The van der Waals surface area contributed by atoms with Gasteiger partial charge in [-0.1, -0.05) is 44.0 Å². The van der Waals surface area contributed by atoms with Gasteiger partial charge in [-0.05, 0) is 42.0 Å². The zero-order chi connectivity index (χ0) is 13.7. The Kier molecular flexibility index (Phi) is 4.99. The first-order valence-corrected chi connectivity index (χ1v) is 7.27. The van der Waals surface area contributed by atoms with Crippen LogP contribution in [0, 0.1) is 0 Å². The van der Waals surface area contributed by atoms with E-state index in [1.54, 1.807) is 0 Å². The summed E-state index contributed by atoms with van der Waals surface area (Å²) in [5.41, 5.74) is 1.81. The second kappa shape index (κ2) is 6.73. The maximum Gasteiger partial charge on any atom is 0.319 e. The predicted octanol–water partition coefficient (Wildman–Crippen LogP) is 4.53. The third-order valence-corrected chi connectivity index (χ3v) is 3.53. The molecule has 2 aromatic carbocycles. The second-order valence-electron chi connectivity index (χ2n) is 3.94. The Morgan fingerprint density at radius 1 is 0.895 bits per heavy atom. The number of carbonyl (C=O) groups excluding carboxylic acids is 1. The topological polar surface area (TPSA) is 41.1 Å². The molecule has 2 rings (SSSR count). The van der Waals surface area contributed by atoms with Gasteiger partial charge in [-0.2, -0.15) is 0 Å². The van der Waals surface area contributed by atoms with Gasteiger partial charge < -0.3 is 10.6 Å². The van der Waals surface area contributed by atoms with Crippen molar-refractivity contribution >= 4 is 43.6 Å². The second-order valence-corrected chi connectivity index (χ2v) is 5.77. The van der Waals surface area contributed by atoms with Gasteiger partial charge in [-0.3, -0.25) is 0 Å². The van der Waals surface area contributed by atoms with Crippen LogP contribution in [0.4, 0.5) is 10.5 Å². The average Bonchev–Trinajstić information content (AvgIpc) is 2.41. The van der Waals surface area contributed by atoms with Gasteiger partial charge in [-0.15, -0.1) is 0 Å². The lowest BCUT2D eigenvalue weighted by molar-refractivity contribution is 0.251. The van der Waals surface area contributed by atoms with Crippen LogP contribution in [-0.2, 0) is 6.54 Å². The number of rotatable bonds is 3. The van der Waals surface area contributed by atoms with Gasteiger partial charge in [0.15, 0.2) is 0 Å². The smallest absolute Gasteiger partial charge is 0.319 e. The van der Waals surface area contributed by atoms with Gasteiger partial charge in [0.05, 0.1) is 0 Å². The average molecular weight is 384 g/mol. The fraction of sp³-hybridized carbons (Fsp3) is 0.0714. The first kappa shape index (κ1) is 14.1. The summed E-state index contributed by atoms with van der Waals surface area (Å²) in [5, 5.41) is 5.58. The molecule has 2 amide bonds. The van der Waals surface area contributed by atoms with Crippen molar-refractivity contribution < 1.29 is 4.79 Å². The van der Waals surface area contributed by atoms with Crippen LogP contribution in [0.5, 0.6) is 0 Å². The molecule has 0 heterocycles. The third kappa shape index (κ3) is 4.69. The van der Waals surface area contributed by atoms with Crippen LogP contribution in [0.2, 0.25) is 0 Å². The molecule has 0 atom stereocenters. The van der Waals surface area contributed by atoms with Gasteiger partial charge in [0.25, 0.3) is 0 Å². The minimum absolute atomic E-state index is 0.217. The zero-order valence-electron chi connectivity index (χ0n) is 9.99. The van der Waals surface area contributed by atoms with Crippen LogP contribution in [0.1, 0.15) is 5.56 Å². The maximum atomic E-state index is 11.7. The molecule has 0 spiro atoms. The number of nitrogens with one attached hydrogen (secondary N) is 2. The van der Waals surface area contributed by atoms with Gasteiger partial charge in [-0.25, -0.2) is 4.79 Å². The van der Waals surface area contributed by atoms with Gasteiger partial charge in [0, 0.05) is 21.2 Å². The molecule has 0 bridgehead atoms. The molecule has 2 aromatic rings. The molecule has 0 aromatic heterocycles. The highest BCUT2D eigenvalue weighted by Gasteiger charge is 2.01. The standard InChI is InChI=1S/C14H12Br2N2O/c15-11-3-1-10(2-4-11)9-17-14(19)18-13-7-5-12(16)6-8-13/h1-8H,9H2,(H2,17,18,19). The van der Waals surface area contributed by atoms with Gasteiger partial charge in [0.2, 0.25) is 0 Å². The Balaban J connectivity index is 1.84. The molecular weight excluding hydrogens is 372 g/mol. The van der Waals surface area contributed by atoms with Crippen LogP contribution in [-0.4, -0.2) is 6.03 Å². The van der Waals surface area contributed by atoms with Crippen molar-refractivity contribution in [2.45, 2.75) is 6.54 Å². The third-order valence-electron chi connectivity index (χ3n) is 2.47. The van der Waals surface area contributed by atoms with Gasteiger partial charge in [0.1, 0.15) is 0 Å². The summed E-state index contributed by atoms with van der Waals surface area (Å²) in [5.74, 6) is 0. The van der Waals surface area contributed by atoms with Crippen LogP contribution in [0.15, 0.2) is 57.5 Å². The number of benzene rings is 2. The molecule has 0 saturated heterocycles. The van der Waals surface area contributed by atoms with Crippen molar-refractivity contribution in [3.63, 3.8) is 0 Å². The molecule has 0 aliphatic carbocycles. The molecule has 2 N–H and O–H groups in total. The molecule has 0 aliphatic rings. The normalized spacial score (nSPS) is 10.0. The van der Waals surface area contributed by atoms with E-state index in [1.165, 1.54) is 0 Å². The molecule has 0 radical (unpaired) electrons. The fourth-order valence-corrected chi connectivity index (χ4v) is 2.02. The summed E-state index contributed by atoms with van der Waals surface area (Å²) in [6.45, 7) is 0.496. The van der Waals surface area contributed by atoms with Crippen molar-refractivity contribution in [1.82, 2.24) is 5.32 Å². The largest absolute Gasteiger partial charge is 0.334 e. The Hall–Kier alpha value is -1.33. The van der Waals surface area contributed by atoms with Crippen molar-refractivity contribution in [2.24, 2.45) is 0 Å². The SMILES string of the molecule is O=C(NCc1ccc(Br)cc1)Nc1ccc(Br)cc1. The summed E-state index contributed by atoms with van der Waals surface area (Å²) < 4.78 is 2.00. The molecule has 0 fully saturated rings. The molecule has 0 saturated carbocycles. The molecule has 0 aliphatic heterocycles. The number of halogens is 2. The first-order valence-electron chi connectivity index (χ1n) is 5.68. The minimum atomic E-state index is -0.217. The monoisotopic (exact) mass is 382 g/mol. The van der Waals surface area contributed by atoms with Crippen LogP contribution < -0.4 is 10.6 Å². The lowest BCUT2D eigenvalue weighted by Crippen LogP contribution is -2.28. The van der Waals surface area contributed by atoms with Crippen molar-refractivity contribution in [2.75, 3.05) is 5.32 Å². The molecule has 98 valence electrons. The Morgan fingerprint density at radius 3 is 2.00 bits per heavy atom. The summed E-state index contributed by atoms with van der Waals surface area (Å²) in [6, 6.07) is 15.0. The van der Waals surface area contributed by atoms with E-state index < -0.39 is 0 Å². The highest BCUT2D eigenvalue weighted by Crippen LogP contribution is 2.14. The van der Waals surface area contributed by atoms with Crippen molar-refractivity contribution in [3.8, 4) is 0 Å².